The summed E-state index contributed by atoms with van der Waals surface area (Å²) in [5, 5.41) is 9.03. The Morgan fingerprint density at radius 3 is 1.96 bits per heavy atom. The molecule has 1 rings (SSSR count). The minimum absolute atomic E-state index is 0.0281. The fraction of sp³-hybridized carbons (Fsp3) is 0.905. The molecule has 146 valence electrons. The van der Waals surface area contributed by atoms with E-state index in [1.54, 1.807) is 0 Å². The van der Waals surface area contributed by atoms with Crippen LogP contribution in [0.25, 0.3) is 0 Å². The van der Waals surface area contributed by atoms with E-state index in [1.165, 1.54) is 32.1 Å². The largest absolute Gasteiger partial charge is 0.481 e. The Bertz CT molecular complexity index is 383. The average Bonchev–Trinajstić information content (AvgIpc) is 2.59. The van der Waals surface area contributed by atoms with Gasteiger partial charge in [-0.05, 0) is 50.9 Å². The molecule has 1 aliphatic carbocycles. The molecule has 0 heterocycles. The zero-order chi connectivity index (χ0) is 18.7. The van der Waals surface area contributed by atoms with Gasteiger partial charge < -0.3 is 9.84 Å². The maximum Gasteiger partial charge on any atom is 0.309 e. The highest BCUT2D eigenvalue weighted by Gasteiger charge is 2.31. The minimum atomic E-state index is -0.730. The topological polar surface area (TPSA) is 63.6 Å². The summed E-state index contributed by atoms with van der Waals surface area (Å²) in [6.07, 6.45) is 11.9. The van der Waals surface area contributed by atoms with E-state index in [-0.39, 0.29) is 23.9 Å². The Morgan fingerprint density at radius 2 is 1.44 bits per heavy atom. The third-order valence-corrected chi connectivity index (χ3v) is 5.46. The molecule has 1 aliphatic rings. The van der Waals surface area contributed by atoms with Gasteiger partial charge in [0.15, 0.2) is 0 Å². The van der Waals surface area contributed by atoms with Crippen LogP contribution >= 0.6 is 0 Å². The number of unbranched alkanes of at least 4 members (excludes halogenated alkanes) is 4. The van der Waals surface area contributed by atoms with Crippen molar-refractivity contribution in [2.75, 3.05) is 0 Å². The number of ether oxygens (including phenoxy) is 1. The lowest BCUT2D eigenvalue weighted by Crippen LogP contribution is -2.29. The van der Waals surface area contributed by atoms with Crippen LogP contribution < -0.4 is 0 Å². The van der Waals surface area contributed by atoms with Gasteiger partial charge in [0.25, 0.3) is 0 Å². The number of carboxylic acid groups (broad SMARTS) is 1. The molecule has 0 aliphatic heterocycles. The normalized spacial score (nSPS) is 21.9. The first-order valence-electron chi connectivity index (χ1n) is 10.4. The van der Waals surface area contributed by atoms with E-state index in [9.17, 15) is 9.59 Å². The highest BCUT2D eigenvalue weighted by atomic mass is 16.5. The predicted molar refractivity (Wildman–Crippen MR) is 100 cm³/mol. The molecule has 4 nitrogen and oxygen atoms in total. The smallest absolute Gasteiger partial charge is 0.309 e. The Kier molecular flexibility index (Phi) is 10.8. The Labute approximate surface area is 153 Å². The quantitative estimate of drug-likeness (QED) is 0.367. The van der Waals surface area contributed by atoms with Crippen LogP contribution in [0.2, 0.25) is 0 Å². The molecular weight excluding hydrogens is 316 g/mol. The summed E-state index contributed by atoms with van der Waals surface area (Å²) in [6, 6.07) is 0. The van der Waals surface area contributed by atoms with Crippen molar-refractivity contribution < 1.29 is 19.4 Å². The zero-order valence-electron chi connectivity index (χ0n) is 16.5. The van der Waals surface area contributed by atoms with Crippen LogP contribution in [0, 0.1) is 17.8 Å². The van der Waals surface area contributed by atoms with Crippen molar-refractivity contribution >= 4 is 11.9 Å². The molecular formula is C21H38O4. The summed E-state index contributed by atoms with van der Waals surface area (Å²) >= 11 is 0. The Balaban J connectivity index is 2.16. The number of carbonyl (C=O) groups is 2. The van der Waals surface area contributed by atoms with Gasteiger partial charge in [-0.2, -0.15) is 0 Å². The second kappa shape index (κ2) is 12.3. The third-order valence-electron chi connectivity index (χ3n) is 5.46. The lowest BCUT2D eigenvalue weighted by Gasteiger charge is -2.26. The van der Waals surface area contributed by atoms with Crippen molar-refractivity contribution in [2.24, 2.45) is 17.8 Å². The number of carboxylic acids is 1. The Morgan fingerprint density at radius 1 is 0.920 bits per heavy atom. The number of rotatable bonds is 12. The van der Waals surface area contributed by atoms with E-state index in [0.717, 1.165) is 25.2 Å². The highest BCUT2D eigenvalue weighted by Crippen LogP contribution is 2.30. The van der Waals surface area contributed by atoms with Gasteiger partial charge in [0.1, 0.15) is 6.10 Å². The molecule has 0 radical (unpaired) electrons. The van der Waals surface area contributed by atoms with Crippen LogP contribution in [0.15, 0.2) is 0 Å². The first-order chi connectivity index (χ1) is 11.9. The van der Waals surface area contributed by atoms with E-state index in [2.05, 4.69) is 20.8 Å². The van der Waals surface area contributed by atoms with Crippen molar-refractivity contribution in [3.05, 3.63) is 0 Å². The second-order valence-corrected chi connectivity index (χ2v) is 8.09. The summed E-state index contributed by atoms with van der Waals surface area (Å²) in [5.41, 5.74) is 0. The fourth-order valence-electron chi connectivity index (χ4n) is 3.64. The van der Waals surface area contributed by atoms with Crippen molar-refractivity contribution in [1.82, 2.24) is 0 Å². The van der Waals surface area contributed by atoms with Gasteiger partial charge in [0.05, 0.1) is 11.8 Å². The maximum absolute atomic E-state index is 12.3. The predicted octanol–water partition coefficient (Wildman–Crippen LogP) is 5.59. The maximum atomic E-state index is 12.3. The van der Waals surface area contributed by atoms with Gasteiger partial charge in [0, 0.05) is 0 Å². The first-order valence-corrected chi connectivity index (χ1v) is 10.4. The molecule has 0 aromatic rings. The first kappa shape index (κ1) is 22.0. The van der Waals surface area contributed by atoms with Gasteiger partial charge in [0.2, 0.25) is 0 Å². The molecule has 0 aromatic carbocycles. The molecule has 4 heteroatoms. The van der Waals surface area contributed by atoms with Crippen LogP contribution in [0.5, 0.6) is 0 Å². The van der Waals surface area contributed by atoms with Gasteiger partial charge >= 0.3 is 11.9 Å². The molecule has 25 heavy (non-hydrogen) atoms. The summed E-state index contributed by atoms with van der Waals surface area (Å²) in [6.45, 7) is 6.62. The van der Waals surface area contributed by atoms with E-state index in [0.29, 0.717) is 25.7 Å². The van der Waals surface area contributed by atoms with Crippen LogP contribution in [-0.2, 0) is 14.3 Å². The molecule has 0 saturated heterocycles. The number of esters is 1. The molecule has 0 bridgehead atoms. The van der Waals surface area contributed by atoms with Gasteiger partial charge in [-0.3, -0.25) is 9.59 Å². The standard InChI is InChI=1S/C21H38O4/c1-4-19(11-9-7-5-6-8-10-16(2)3)25-21(24)18-14-12-17(13-15-18)20(22)23/h16-19H,4-15H2,1-3H3,(H,22,23). The van der Waals surface area contributed by atoms with Crippen LogP contribution in [0.4, 0.5) is 0 Å². The molecule has 1 saturated carbocycles. The Hall–Kier alpha value is -1.06. The van der Waals surface area contributed by atoms with Gasteiger partial charge in [-0.1, -0.05) is 52.9 Å². The molecule has 1 unspecified atom stereocenters. The number of carbonyl (C=O) groups excluding carboxylic acids is 1. The summed E-state index contributed by atoms with van der Waals surface area (Å²) in [7, 11) is 0. The lowest BCUT2D eigenvalue weighted by atomic mass is 9.82. The average molecular weight is 355 g/mol. The van der Waals surface area contributed by atoms with E-state index >= 15 is 0 Å². The second-order valence-electron chi connectivity index (χ2n) is 8.09. The van der Waals surface area contributed by atoms with Crippen LogP contribution in [0.3, 0.4) is 0 Å². The van der Waals surface area contributed by atoms with Crippen LogP contribution in [-0.4, -0.2) is 23.1 Å². The summed E-state index contributed by atoms with van der Waals surface area (Å²) in [4.78, 5) is 23.3. The van der Waals surface area contributed by atoms with Crippen molar-refractivity contribution in [1.29, 1.82) is 0 Å². The fourth-order valence-corrected chi connectivity index (χ4v) is 3.64. The number of aliphatic carboxylic acids is 1. The molecule has 1 fully saturated rings. The molecule has 0 spiro atoms. The van der Waals surface area contributed by atoms with Crippen molar-refractivity contribution in [3.63, 3.8) is 0 Å². The zero-order valence-corrected chi connectivity index (χ0v) is 16.5. The summed E-state index contributed by atoms with van der Waals surface area (Å²) in [5.74, 6) is -0.406. The van der Waals surface area contributed by atoms with Gasteiger partial charge in [-0.25, -0.2) is 0 Å². The minimum Gasteiger partial charge on any atom is -0.481 e. The number of hydrogen-bond acceptors (Lipinski definition) is 3. The van der Waals surface area contributed by atoms with Crippen molar-refractivity contribution in [2.45, 2.75) is 104 Å². The lowest BCUT2D eigenvalue weighted by molar-refractivity contribution is -0.157. The molecule has 0 amide bonds. The van der Waals surface area contributed by atoms with Gasteiger partial charge in [-0.15, -0.1) is 0 Å². The van der Waals surface area contributed by atoms with Crippen LogP contribution in [0.1, 0.15) is 97.8 Å². The SMILES string of the molecule is CCC(CCCCCCCC(C)C)OC(=O)C1CCC(C(=O)O)CC1. The van der Waals surface area contributed by atoms with E-state index in [4.69, 9.17) is 9.84 Å². The highest BCUT2D eigenvalue weighted by molar-refractivity contribution is 5.74. The molecule has 1 N–H and O–H groups in total. The molecule has 1 atom stereocenters. The summed E-state index contributed by atoms with van der Waals surface area (Å²) < 4.78 is 5.71. The third kappa shape index (κ3) is 9.27. The van der Waals surface area contributed by atoms with E-state index in [1.807, 2.05) is 0 Å². The monoisotopic (exact) mass is 354 g/mol. The molecule has 0 aromatic heterocycles. The number of hydrogen-bond donors (Lipinski definition) is 1. The van der Waals surface area contributed by atoms with E-state index < -0.39 is 5.97 Å². The van der Waals surface area contributed by atoms with Crippen molar-refractivity contribution in [3.8, 4) is 0 Å².